The molecule has 0 atom stereocenters. The van der Waals surface area contributed by atoms with Crippen LogP contribution < -0.4 is 16.0 Å². The summed E-state index contributed by atoms with van der Waals surface area (Å²) in [7, 11) is 0. The van der Waals surface area contributed by atoms with Gasteiger partial charge in [0.1, 0.15) is 5.82 Å². The maximum Gasteiger partial charge on any atom is 0.323 e. The zero-order valence-corrected chi connectivity index (χ0v) is 19.6. The van der Waals surface area contributed by atoms with E-state index in [1.165, 1.54) is 47.4 Å². The van der Waals surface area contributed by atoms with Gasteiger partial charge in [0.05, 0.1) is 16.0 Å². The first-order valence-electron chi connectivity index (χ1n) is 10.1. The van der Waals surface area contributed by atoms with Gasteiger partial charge >= 0.3 is 6.03 Å². The maximum atomic E-state index is 13.0. The fourth-order valence-corrected chi connectivity index (χ4v) is 4.98. The summed E-state index contributed by atoms with van der Waals surface area (Å²) >= 11 is 2.77. The lowest BCUT2D eigenvalue weighted by atomic mass is 10.1. The molecule has 3 aromatic carbocycles. The highest BCUT2D eigenvalue weighted by Crippen LogP contribution is 2.31. The van der Waals surface area contributed by atoms with Crippen molar-refractivity contribution in [1.29, 1.82) is 0 Å². The zero-order chi connectivity index (χ0) is 23.4. The molecule has 0 aliphatic rings. The van der Waals surface area contributed by atoms with Crippen molar-refractivity contribution in [3.63, 3.8) is 0 Å². The van der Waals surface area contributed by atoms with Gasteiger partial charge in [0, 0.05) is 17.1 Å². The third-order valence-corrected chi connectivity index (χ3v) is 7.10. The second kappa shape index (κ2) is 10.0. The van der Waals surface area contributed by atoms with Gasteiger partial charge in [-0.15, -0.1) is 11.3 Å². The lowest BCUT2D eigenvalue weighted by Crippen LogP contribution is -2.20. The van der Waals surface area contributed by atoms with E-state index in [0.717, 1.165) is 31.4 Å². The average molecular weight is 481 g/mol. The van der Waals surface area contributed by atoms with Crippen LogP contribution in [-0.4, -0.2) is 22.7 Å². The van der Waals surface area contributed by atoms with E-state index >= 15 is 0 Å². The van der Waals surface area contributed by atoms with Crippen LogP contribution in [0.4, 0.5) is 26.2 Å². The van der Waals surface area contributed by atoms with Crippen LogP contribution in [0.3, 0.4) is 0 Å². The van der Waals surface area contributed by atoms with Crippen molar-refractivity contribution in [2.45, 2.75) is 18.2 Å². The first-order valence-corrected chi connectivity index (χ1v) is 11.9. The molecular formula is C24H21FN4O2S2. The Labute approximate surface area is 198 Å². The van der Waals surface area contributed by atoms with E-state index in [2.05, 4.69) is 20.9 Å². The Balaban J connectivity index is 1.35. The quantitative estimate of drug-likeness (QED) is 0.278. The van der Waals surface area contributed by atoms with Crippen LogP contribution >= 0.6 is 23.1 Å². The average Bonchev–Trinajstić information content (AvgIpc) is 3.19. The number of nitrogens with one attached hydrogen (secondary N) is 3. The molecule has 0 unspecified atom stereocenters. The number of rotatable bonds is 6. The molecule has 0 saturated heterocycles. The molecule has 3 amide bonds. The predicted octanol–water partition coefficient (Wildman–Crippen LogP) is 6.43. The van der Waals surface area contributed by atoms with Crippen molar-refractivity contribution in [1.82, 2.24) is 4.98 Å². The molecule has 0 bridgehead atoms. The summed E-state index contributed by atoms with van der Waals surface area (Å²) in [5.41, 5.74) is 4.89. The Morgan fingerprint density at radius 2 is 1.73 bits per heavy atom. The van der Waals surface area contributed by atoms with Gasteiger partial charge < -0.3 is 16.0 Å². The highest BCUT2D eigenvalue weighted by atomic mass is 32.2. The number of aryl methyl sites for hydroxylation is 1. The summed E-state index contributed by atoms with van der Waals surface area (Å²) in [5.74, 6) is -0.370. The number of hydrogen-bond donors (Lipinski definition) is 3. The molecule has 1 aromatic heterocycles. The van der Waals surface area contributed by atoms with Gasteiger partial charge in [0.15, 0.2) is 4.34 Å². The Morgan fingerprint density at radius 3 is 2.52 bits per heavy atom. The van der Waals surface area contributed by atoms with Gasteiger partial charge in [-0.3, -0.25) is 4.79 Å². The van der Waals surface area contributed by atoms with Crippen LogP contribution in [0.1, 0.15) is 11.1 Å². The predicted molar refractivity (Wildman–Crippen MR) is 134 cm³/mol. The molecule has 9 heteroatoms. The summed E-state index contributed by atoms with van der Waals surface area (Å²) in [6.07, 6.45) is 0. The minimum atomic E-state index is -0.353. The van der Waals surface area contributed by atoms with E-state index < -0.39 is 0 Å². The largest absolute Gasteiger partial charge is 0.325 e. The van der Waals surface area contributed by atoms with Crippen LogP contribution in [0.5, 0.6) is 0 Å². The number of nitrogens with zero attached hydrogens (tertiary/aromatic N) is 1. The molecule has 33 heavy (non-hydrogen) atoms. The summed E-state index contributed by atoms with van der Waals surface area (Å²) in [6.45, 7) is 3.96. The van der Waals surface area contributed by atoms with E-state index in [-0.39, 0.29) is 23.5 Å². The summed E-state index contributed by atoms with van der Waals surface area (Å²) in [6, 6.07) is 16.6. The highest BCUT2D eigenvalue weighted by molar-refractivity contribution is 8.01. The van der Waals surface area contributed by atoms with E-state index in [0.29, 0.717) is 11.4 Å². The number of thioether (sulfide) groups is 1. The van der Waals surface area contributed by atoms with Crippen LogP contribution in [0.25, 0.3) is 10.2 Å². The topological polar surface area (TPSA) is 83.1 Å². The van der Waals surface area contributed by atoms with Crippen LogP contribution in [0, 0.1) is 19.7 Å². The van der Waals surface area contributed by atoms with E-state index in [1.807, 2.05) is 44.2 Å². The molecule has 0 radical (unpaired) electrons. The number of carbonyl (C=O) groups is 2. The van der Waals surface area contributed by atoms with E-state index in [4.69, 9.17) is 0 Å². The molecule has 0 saturated carbocycles. The Bertz CT molecular complexity index is 1320. The van der Waals surface area contributed by atoms with Crippen molar-refractivity contribution in [3.05, 3.63) is 77.6 Å². The molecule has 1 heterocycles. The third-order valence-electron chi connectivity index (χ3n) is 4.93. The van der Waals surface area contributed by atoms with Crippen molar-refractivity contribution < 1.29 is 14.0 Å². The molecule has 6 nitrogen and oxygen atoms in total. The standard InChI is InChI=1S/C24H21FN4O2S2/c1-14-4-3-5-19(15(14)2)28-23(31)27-18-10-11-20-21(12-18)33-24(29-20)32-13-22(30)26-17-8-6-16(25)7-9-17/h3-12H,13H2,1-2H3,(H,26,30)(H2,27,28,31). The summed E-state index contributed by atoms with van der Waals surface area (Å²) < 4.78 is 14.6. The number of carbonyl (C=O) groups excluding carboxylic acids is 2. The molecular weight excluding hydrogens is 459 g/mol. The van der Waals surface area contributed by atoms with Crippen LogP contribution in [-0.2, 0) is 4.79 Å². The Morgan fingerprint density at radius 1 is 0.970 bits per heavy atom. The van der Waals surface area contributed by atoms with Crippen molar-refractivity contribution in [3.8, 4) is 0 Å². The SMILES string of the molecule is Cc1cccc(NC(=O)Nc2ccc3nc(SCC(=O)Nc4ccc(F)cc4)sc3c2)c1C. The van der Waals surface area contributed by atoms with Crippen molar-refractivity contribution >= 4 is 62.3 Å². The summed E-state index contributed by atoms with van der Waals surface area (Å²) in [4.78, 5) is 29.1. The minimum absolute atomic E-state index is 0.181. The molecule has 3 N–H and O–H groups in total. The first-order chi connectivity index (χ1) is 15.9. The van der Waals surface area contributed by atoms with Gasteiger partial charge in [0.2, 0.25) is 5.91 Å². The smallest absolute Gasteiger partial charge is 0.323 e. The first kappa shape index (κ1) is 22.8. The number of hydrogen-bond acceptors (Lipinski definition) is 5. The fourth-order valence-electron chi connectivity index (χ4n) is 3.07. The number of fused-ring (bicyclic) bond motifs is 1. The minimum Gasteiger partial charge on any atom is -0.325 e. The van der Waals surface area contributed by atoms with Crippen molar-refractivity contribution in [2.75, 3.05) is 21.7 Å². The maximum absolute atomic E-state index is 13.0. The molecule has 168 valence electrons. The van der Waals surface area contributed by atoms with Crippen molar-refractivity contribution in [2.24, 2.45) is 0 Å². The molecule has 0 fully saturated rings. The lowest BCUT2D eigenvalue weighted by Gasteiger charge is -2.11. The number of anilines is 3. The van der Waals surface area contributed by atoms with Gasteiger partial charge in [0.25, 0.3) is 0 Å². The van der Waals surface area contributed by atoms with Crippen LogP contribution in [0.15, 0.2) is 65.0 Å². The molecule has 0 aliphatic heterocycles. The Kier molecular flexibility index (Phi) is 6.90. The normalized spacial score (nSPS) is 10.8. The monoisotopic (exact) mass is 480 g/mol. The summed E-state index contributed by atoms with van der Waals surface area (Å²) in [5, 5.41) is 8.46. The number of urea groups is 1. The molecule has 0 spiro atoms. The fraction of sp³-hybridized carbons (Fsp3) is 0.125. The Hall–Kier alpha value is -3.43. The highest BCUT2D eigenvalue weighted by Gasteiger charge is 2.11. The molecule has 0 aliphatic carbocycles. The molecule has 4 rings (SSSR count). The van der Waals surface area contributed by atoms with Crippen LogP contribution in [0.2, 0.25) is 0 Å². The lowest BCUT2D eigenvalue weighted by molar-refractivity contribution is -0.113. The molecule has 4 aromatic rings. The number of benzene rings is 3. The number of thiazole rings is 1. The number of amides is 3. The van der Waals surface area contributed by atoms with E-state index in [9.17, 15) is 14.0 Å². The zero-order valence-electron chi connectivity index (χ0n) is 17.9. The van der Waals surface area contributed by atoms with Gasteiger partial charge in [-0.25, -0.2) is 14.2 Å². The number of halogens is 1. The third kappa shape index (κ3) is 5.88. The van der Waals surface area contributed by atoms with E-state index in [1.54, 1.807) is 6.07 Å². The van der Waals surface area contributed by atoms with Gasteiger partial charge in [-0.2, -0.15) is 0 Å². The second-order valence-corrected chi connectivity index (χ2v) is 9.59. The second-order valence-electron chi connectivity index (χ2n) is 7.33. The number of aromatic nitrogens is 1. The van der Waals surface area contributed by atoms with Gasteiger partial charge in [-0.1, -0.05) is 23.9 Å². The van der Waals surface area contributed by atoms with Gasteiger partial charge in [-0.05, 0) is 73.5 Å².